The molecule has 1 aromatic heterocycles. The van der Waals surface area contributed by atoms with Crippen LogP contribution in [0.2, 0.25) is 0 Å². The van der Waals surface area contributed by atoms with Crippen LogP contribution in [-0.2, 0) is 12.7 Å². The number of rotatable bonds is 8. The summed E-state index contributed by atoms with van der Waals surface area (Å²) in [5.41, 5.74) is 1.98. The van der Waals surface area contributed by atoms with Gasteiger partial charge in [0.05, 0.1) is 23.6 Å². The Bertz CT molecular complexity index is 1650. The summed E-state index contributed by atoms with van der Waals surface area (Å²) in [7, 11) is 0. The van der Waals surface area contributed by atoms with Crippen molar-refractivity contribution < 1.29 is 27.5 Å². The third kappa shape index (κ3) is 6.97. The molecule has 0 spiro atoms. The molecule has 1 aliphatic rings. The fourth-order valence-electron chi connectivity index (χ4n) is 5.23. The van der Waals surface area contributed by atoms with Crippen molar-refractivity contribution in [2.45, 2.75) is 38.9 Å². The van der Waals surface area contributed by atoms with Crippen molar-refractivity contribution in [1.29, 1.82) is 5.26 Å². The van der Waals surface area contributed by atoms with Crippen LogP contribution in [0.3, 0.4) is 0 Å². The van der Waals surface area contributed by atoms with E-state index in [-0.39, 0.29) is 24.0 Å². The van der Waals surface area contributed by atoms with Gasteiger partial charge in [0.25, 0.3) is 11.8 Å². The minimum absolute atomic E-state index is 0.0828. The lowest BCUT2D eigenvalue weighted by atomic mass is 9.96. The number of nitrogens with one attached hydrogen (secondary N) is 1. The molecule has 8 nitrogen and oxygen atoms in total. The number of likely N-dealkylation sites (tertiary alicyclic amines) is 1. The van der Waals surface area contributed by atoms with E-state index in [2.05, 4.69) is 5.32 Å². The Morgan fingerprint density at radius 3 is 2.30 bits per heavy atom. The van der Waals surface area contributed by atoms with Crippen LogP contribution in [0, 0.1) is 24.2 Å². The van der Waals surface area contributed by atoms with Crippen molar-refractivity contribution in [3.05, 3.63) is 89.1 Å². The third-order valence-electron chi connectivity index (χ3n) is 7.64. The highest BCUT2D eigenvalue weighted by molar-refractivity contribution is 6.00. The normalized spacial score (nSPS) is 14.0. The molecule has 1 saturated heterocycles. The fourth-order valence-corrected chi connectivity index (χ4v) is 5.23. The Morgan fingerprint density at radius 2 is 1.67 bits per heavy atom. The number of carbonyl (C=O) groups is 2. The SMILES string of the molecule is Cc1c(C(=O)NCCC#N)ccc2nn(CC3CCN(C(=O)c4ccc(Oc5ccc(C(F)(F)F)cc5)cc4)CC3)cc12. The number of nitrogens with zero attached hydrogens (tertiary/aromatic N) is 4. The second-order valence-corrected chi connectivity index (χ2v) is 10.6. The quantitative estimate of drug-likeness (QED) is 0.242. The maximum atomic E-state index is 13.1. The topological polar surface area (TPSA) is 100 Å². The van der Waals surface area contributed by atoms with Crippen molar-refractivity contribution in [3.8, 4) is 17.6 Å². The van der Waals surface area contributed by atoms with Crippen molar-refractivity contribution in [1.82, 2.24) is 20.0 Å². The maximum absolute atomic E-state index is 13.1. The second kappa shape index (κ2) is 12.6. The van der Waals surface area contributed by atoms with Gasteiger partial charge in [-0.1, -0.05) is 0 Å². The first-order valence-electron chi connectivity index (χ1n) is 14.0. The summed E-state index contributed by atoms with van der Waals surface area (Å²) >= 11 is 0. The fraction of sp³-hybridized carbons (Fsp3) is 0.312. The van der Waals surface area contributed by atoms with Crippen LogP contribution in [0.25, 0.3) is 10.9 Å². The summed E-state index contributed by atoms with van der Waals surface area (Å²) in [5.74, 6) is 0.740. The Balaban J connectivity index is 1.14. The smallest absolute Gasteiger partial charge is 0.416 e. The van der Waals surface area contributed by atoms with Gasteiger partial charge in [0.15, 0.2) is 0 Å². The van der Waals surface area contributed by atoms with Crippen LogP contribution in [0.5, 0.6) is 11.5 Å². The molecule has 0 bridgehead atoms. The first-order chi connectivity index (χ1) is 20.6. The van der Waals surface area contributed by atoms with Gasteiger partial charge in [-0.05, 0) is 91.9 Å². The minimum Gasteiger partial charge on any atom is -0.457 e. The summed E-state index contributed by atoms with van der Waals surface area (Å²) in [5, 5.41) is 17.1. The molecule has 0 atom stereocenters. The van der Waals surface area contributed by atoms with Crippen LogP contribution >= 0.6 is 0 Å². The number of fused-ring (bicyclic) bond motifs is 1. The summed E-state index contributed by atoms with van der Waals surface area (Å²) in [6.07, 6.45) is -0.549. The Morgan fingerprint density at radius 1 is 1.02 bits per heavy atom. The van der Waals surface area contributed by atoms with Gasteiger partial charge in [0.1, 0.15) is 11.5 Å². The van der Waals surface area contributed by atoms with Crippen LogP contribution < -0.4 is 10.1 Å². The van der Waals surface area contributed by atoms with E-state index in [1.54, 1.807) is 30.3 Å². The van der Waals surface area contributed by atoms with Crippen LogP contribution in [0.15, 0.2) is 66.9 Å². The Hall–Kier alpha value is -4.85. The van der Waals surface area contributed by atoms with Gasteiger partial charge in [-0.15, -0.1) is 0 Å². The summed E-state index contributed by atoms with van der Waals surface area (Å²) in [6, 6.07) is 16.6. The van der Waals surface area contributed by atoms with Gasteiger partial charge in [0.2, 0.25) is 0 Å². The zero-order valence-electron chi connectivity index (χ0n) is 23.5. The molecule has 222 valence electrons. The number of hydrogen-bond acceptors (Lipinski definition) is 5. The predicted molar refractivity (Wildman–Crippen MR) is 154 cm³/mol. The van der Waals surface area contributed by atoms with E-state index in [0.29, 0.717) is 49.0 Å². The Labute approximate surface area is 246 Å². The highest BCUT2D eigenvalue weighted by Crippen LogP contribution is 2.32. The number of hydrogen-bond donors (Lipinski definition) is 1. The van der Waals surface area contributed by atoms with Crippen molar-refractivity contribution >= 4 is 22.7 Å². The zero-order chi connectivity index (χ0) is 30.6. The van der Waals surface area contributed by atoms with E-state index in [1.165, 1.54) is 12.1 Å². The number of ether oxygens (including phenoxy) is 1. The number of amides is 2. The minimum atomic E-state index is -4.41. The first kappa shape index (κ1) is 29.6. The largest absolute Gasteiger partial charge is 0.457 e. The van der Waals surface area contributed by atoms with E-state index in [0.717, 1.165) is 41.4 Å². The van der Waals surface area contributed by atoms with Gasteiger partial charge in [0, 0.05) is 48.9 Å². The number of benzene rings is 3. The van der Waals surface area contributed by atoms with Crippen molar-refractivity contribution in [2.75, 3.05) is 19.6 Å². The lowest BCUT2D eigenvalue weighted by molar-refractivity contribution is -0.137. The zero-order valence-corrected chi connectivity index (χ0v) is 23.5. The molecule has 11 heteroatoms. The summed E-state index contributed by atoms with van der Waals surface area (Å²) in [6.45, 7) is 4.13. The molecule has 1 fully saturated rings. The molecule has 3 aromatic carbocycles. The molecule has 5 rings (SSSR count). The lowest BCUT2D eigenvalue weighted by Gasteiger charge is -2.32. The van der Waals surface area contributed by atoms with Gasteiger partial charge in [-0.25, -0.2) is 0 Å². The highest BCUT2D eigenvalue weighted by Gasteiger charge is 2.30. The molecule has 0 radical (unpaired) electrons. The van der Waals surface area contributed by atoms with E-state index in [1.807, 2.05) is 34.8 Å². The monoisotopic (exact) mass is 589 g/mol. The van der Waals surface area contributed by atoms with Crippen LogP contribution in [0.1, 0.15) is 51.1 Å². The maximum Gasteiger partial charge on any atom is 0.416 e. The van der Waals surface area contributed by atoms with Crippen LogP contribution in [-0.4, -0.2) is 46.1 Å². The standard InChI is InChI=1S/C32H30F3N5O3/c1-21-27(30(41)37-16-2-15-36)11-12-29-28(21)20-40(38-29)19-22-13-17-39(18-14-22)31(42)23-3-7-25(8-4-23)43-26-9-5-24(6-10-26)32(33,34)35/h3-12,20,22H,2,13-14,16-19H2,1H3,(H,37,41). The van der Waals surface area contributed by atoms with Crippen molar-refractivity contribution in [2.24, 2.45) is 5.92 Å². The molecular formula is C32H30F3N5O3. The van der Waals surface area contributed by atoms with Crippen molar-refractivity contribution in [3.63, 3.8) is 0 Å². The molecule has 4 aromatic rings. The number of aromatic nitrogens is 2. The molecule has 1 aliphatic heterocycles. The van der Waals surface area contributed by atoms with Gasteiger partial charge in [-0.3, -0.25) is 14.3 Å². The number of alkyl halides is 3. The number of nitriles is 1. The Kier molecular flexibility index (Phi) is 8.66. The summed E-state index contributed by atoms with van der Waals surface area (Å²) in [4.78, 5) is 27.4. The van der Waals surface area contributed by atoms with Gasteiger partial charge in [-0.2, -0.15) is 23.5 Å². The van der Waals surface area contributed by atoms with E-state index in [4.69, 9.17) is 15.1 Å². The summed E-state index contributed by atoms with van der Waals surface area (Å²) < 4.78 is 45.8. The molecule has 2 heterocycles. The molecular weight excluding hydrogens is 559 g/mol. The van der Waals surface area contributed by atoms with Gasteiger partial charge >= 0.3 is 6.18 Å². The highest BCUT2D eigenvalue weighted by atomic mass is 19.4. The average molecular weight is 590 g/mol. The van der Waals surface area contributed by atoms with E-state index in [9.17, 15) is 22.8 Å². The number of halogens is 3. The average Bonchev–Trinajstić information content (AvgIpc) is 3.41. The molecule has 2 amide bonds. The van der Waals surface area contributed by atoms with E-state index < -0.39 is 11.7 Å². The molecule has 0 saturated carbocycles. The first-order valence-corrected chi connectivity index (χ1v) is 14.0. The predicted octanol–water partition coefficient (Wildman–Crippen LogP) is 6.35. The lowest BCUT2D eigenvalue weighted by Crippen LogP contribution is -2.39. The number of carbonyl (C=O) groups excluding carboxylic acids is 2. The molecule has 1 N–H and O–H groups in total. The van der Waals surface area contributed by atoms with Crippen LogP contribution in [0.4, 0.5) is 13.2 Å². The molecule has 43 heavy (non-hydrogen) atoms. The third-order valence-corrected chi connectivity index (χ3v) is 7.64. The number of aryl methyl sites for hydroxylation is 1. The van der Waals surface area contributed by atoms with Gasteiger partial charge < -0.3 is 15.0 Å². The van der Waals surface area contributed by atoms with E-state index >= 15 is 0 Å². The molecule has 0 aliphatic carbocycles. The second-order valence-electron chi connectivity index (χ2n) is 10.6. The molecule has 0 unspecified atom stereocenters. The number of piperidine rings is 1.